The molecule has 0 aliphatic carbocycles. The van der Waals surface area contributed by atoms with Gasteiger partial charge in [-0.2, -0.15) is 0 Å². The van der Waals surface area contributed by atoms with Crippen LogP contribution in [-0.4, -0.2) is 0 Å². The first-order valence-corrected chi connectivity index (χ1v) is 5.46. The van der Waals surface area contributed by atoms with Gasteiger partial charge >= 0.3 is 0 Å². The van der Waals surface area contributed by atoms with Crippen molar-refractivity contribution in [2.75, 3.05) is 0 Å². The van der Waals surface area contributed by atoms with Crippen molar-refractivity contribution in [3.05, 3.63) is 70.7 Å². The standard InChI is InChI=1S/C14H13Cl/c1-11(12-7-3-2-4-8-12)13-9-5-6-10-14(13)15/h2-11H,1H3/t11-/m0/s1. The van der Waals surface area contributed by atoms with Gasteiger partial charge in [-0.3, -0.25) is 0 Å². The molecule has 0 fully saturated rings. The number of hydrogen-bond acceptors (Lipinski definition) is 0. The fraction of sp³-hybridized carbons (Fsp3) is 0.143. The van der Waals surface area contributed by atoms with Crippen molar-refractivity contribution in [2.24, 2.45) is 0 Å². The van der Waals surface area contributed by atoms with E-state index in [4.69, 9.17) is 11.6 Å². The van der Waals surface area contributed by atoms with Crippen molar-refractivity contribution in [1.29, 1.82) is 0 Å². The highest BCUT2D eigenvalue weighted by atomic mass is 35.5. The van der Waals surface area contributed by atoms with Crippen LogP contribution in [0.3, 0.4) is 0 Å². The number of halogens is 1. The molecule has 0 aliphatic heterocycles. The maximum atomic E-state index is 6.17. The monoisotopic (exact) mass is 216 g/mol. The molecule has 1 atom stereocenters. The summed E-state index contributed by atoms with van der Waals surface area (Å²) in [5, 5.41) is 0.842. The quantitative estimate of drug-likeness (QED) is 0.694. The molecule has 0 amide bonds. The number of benzene rings is 2. The van der Waals surface area contributed by atoms with Crippen LogP contribution < -0.4 is 0 Å². The van der Waals surface area contributed by atoms with Gasteiger partial charge in [0.1, 0.15) is 0 Å². The van der Waals surface area contributed by atoms with Gasteiger partial charge in [-0.15, -0.1) is 0 Å². The molecule has 0 N–H and O–H groups in total. The van der Waals surface area contributed by atoms with Gasteiger partial charge in [-0.05, 0) is 17.2 Å². The molecule has 1 heteroatoms. The van der Waals surface area contributed by atoms with Crippen molar-refractivity contribution >= 4 is 11.6 Å². The minimum Gasteiger partial charge on any atom is -0.0840 e. The summed E-state index contributed by atoms with van der Waals surface area (Å²) in [6, 6.07) is 18.4. The molecule has 0 spiro atoms. The Bertz CT molecular complexity index is 434. The van der Waals surface area contributed by atoms with Crippen LogP contribution in [-0.2, 0) is 0 Å². The Morgan fingerprint density at radius 2 is 1.47 bits per heavy atom. The van der Waals surface area contributed by atoms with Gasteiger partial charge in [0, 0.05) is 10.9 Å². The fourth-order valence-corrected chi connectivity index (χ4v) is 2.05. The minimum atomic E-state index is 0.347. The zero-order chi connectivity index (χ0) is 10.7. The molecule has 15 heavy (non-hydrogen) atoms. The largest absolute Gasteiger partial charge is 0.0840 e. The second kappa shape index (κ2) is 4.50. The normalized spacial score (nSPS) is 12.4. The van der Waals surface area contributed by atoms with Crippen molar-refractivity contribution in [1.82, 2.24) is 0 Å². The smallest absolute Gasteiger partial charge is 0.0444 e. The van der Waals surface area contributed by atoms with Gasteiger partial charge in [0.2, 0.25) is 0 Å². The van der Waals surface area contributed by atoms with Gasteiger partial charge in [-0.25, -0.2) is 0 Å². The minimum absolute atomic E-state index is 0.347. The summed E-state index contributed by atoms with van der Waals surface area (Å²) in [6.45, 7) is 2.18. The molecule has 0 bridgehead atoms. The highest BCUT2D eigenvalue weighted by Crippen LogP contribution is 2.29. The third-order valence-corrected chi connectivity index (χ3v) is 3.02. The molecular formula is C14H13Cl. The summed E-state index contributed by atoms with van der Waals surface area (Å²) in [5.41, 5.74) is 2.48. The van der Waals surface area contributed by atoms with Crippen molar-refractivity contribution in [3.63, 3.8) is 0 Å². The summed E-state index contributed by atoms with van der Waals surface area (Å²) in [5.74, 6) is 0.347. The molecule has 0 nitrogen and oxygen atoms in total. The highest BCUT2D eigenvalue weighted by molar-refractivity contribution is 6.31. The molecule has 0 unspecified atom stereocenters. The maximum Gasteiger partial charge on any atom is 0.0444 e. The Hall–Kier alpha value is -1.27. The van der Waals surface area contributed by atoms with Gasteiger partial charge in [-0.1, -0.05) is 67.1 Å². The van der Waals surface area contributed by atoms with E-state index < -0.39 is 0 Å². The third-order valence-electron chi connectivity index (χ3n) is 2.67. The molecule has 0 saturated heterocycles. The Labute approximate surface area is 95.5 Å². The molecule has 2 aromatic rings. The molecule has 0 aliphatic rings. The molecule has 0 aromatic heterocycles. The van der Waals surface area contributed by atoms with Crippen molar-refractivity contribution in [3.8, 4) is 0 Å². The van der Waals surface area contributed by atoms with E-state index >= 15 is 0 Å². The van der Waals surface area contributed by atoms with Crippen LogP contribution in [0, 0.1) is 0 Å². The number of hydrogen-bond donors (Lipinski definition) is 0. The lowest BCUT2D eigenvalue weighted by atomic mass is 9.93. The van der Waals surface area contributed by atoms with Gasteiger partial charge in [0.25, 0.3) is 0 Å². The Morgan fingerprint density at radius 1 is 0.867 bits per heavy atom. The Kier molecular flexibility index (Phi) is 3.08. The Morgan fingerprint density at radius 3 is 2.13 bits per heavy atom. The van der Waals surface area contributed by atoms with Crippen LogP contribution in [0.1, 0.15) is 24.0 Å². The molecule has 2 aromatic carbocycles. The SMILES string of the molecule is C[C@@H](c1ccccc1)c1ccccc1Cl. The average molecular weight is 217 g/mol. The first-order chi connectivity index (χ1) is 7.29. The number of rotatable bonds is 2. The average Bonchev–Trinajstić information content (AvgIpc) is 2.30. The van der Waals surface area contributed by atoms with Crippen LogP contribution in [0.15, 0.2) is 54.6 Å². The van der Waals surface area contributed by atoms with Crippen molar-refractivity contribution < 1.29 is 0 Å². The van der Waals surface area contributed by atoms with E-state index in [1.165, 1.54) is 11.1 Å². The zero-order valence-corrected chi connectivity index (χ0v) is 9.41. The lowest BCUT2D eigenvalue weighted by molar-refractivity contribution is 0.923. The fourth-order valence-electron chi connectivity index (χ4n) is 1.75. The first-order valence-electron chi connectivity index (χ1n) is 5.08. The Balaban J connectivity index is 2.37. The van der Waals surface area contributed by atoms with Crippen LogP contribution in [0.5, 0.6) is 0 Å². The van der Waals surface area contributed by atoms with Gasteiger partial charge in [0.05, 0.1) is 0 Å². The molecule has 0 radical (unpaired) electrons. The van der Waals surface area contributed by atoms with Crippen LogP contribution in [0.4, 0.5) is 0 Å². The molecule has 76 valence electrons. The molecule has 0 heterocycles. The topological polar surface area (TPSA) is 0 Å². The second-order valence-corrected chi connectivity index (χ2v) is 4.06. The maximum absolute atomic E-state index is 6.17. The predicted octanol–water partition coefficient (Wildman–Crippen LogP) is 4.49. The summed E-state index contributed by atoms with van der Waals surface area (Å²) in [7, 11) is 0. The first kappa shape index (κ1) is 10.3. The van der Waals surface area contributed by atoms with Crippen LogP contribution >= 0.6 is 11.6 Å². The van der Waals surface area contributed by atoms with Crippen LogP contribution in [0.2, 0.25) is 5.02 Å². The third kappa shape index (κ3) is 2.21. The van der Waals surface area contributed by atoms with Gasteiger partial charge in [0.15, 0.2) is 0 Å². The second-order valence-electron chi connectivity index (χ2n) is 3.65. The van der Waals surface area contributed by atoms with E-state index in [2.05, 4.69) is 37.3 Å². The summed E-state index contributed by atoms with van der Waals surface area (Å²) in [4.78, 5) is 0. The zero-order valence-electron chi connectivity index (χ0n) is 8.65. The predicted molar refractivity (Wildman–Crippen MR) is 65.4 cm³/mol. The van der Waals surface area contributed by atoms with E-state index in [1.54, 1.807) is 0 Å². The summed E-state index contributed by atoms with van der Waals surface area (Å²) in [6.07, 6.45) is 0. The highest BCUT2D eigenvalue weighted by Gasteiger charge is 2.10. The summed E-state index contributed by atoms with van der Waals surface area (Å²) < 4.78 is 0. The lowest BCUT2D eigenvalue weighted by Gasteiger charge is -2.13. The molecule has 2 rings (SSSR count). The summed E-state index contributed by atoms with van der Waals surface area (Å²) >= 11 is 6.17. The van der Waals surface area contributed by atoms with Crippen LogP contribution in [0.25, 0.3) is 0 Å². The molecule has 0 saturated carbocycles. The lowest BCUT2D eigenvalue weighted by Crippen LogP contribution is -1.96. The van der Waals surface area contributed by atoms with Gasteiger partial charge < -0.3 is 0 Å². The van der Waals surface area contributed by atoms with E-state index in [-0.39, 0.29) is 0 Å². The van der Waals surface area contributed by atoms with E-state index in [0.717, 1.165) is 5.02 Å². The molecular weight excluding hydrogens is 204 g/mol. The van der Waals surface area contributed by atoms with E-state index in [9.17, 15) is 0 Å². The van der Waals surface area contributed by atoms with Crippen molar-refractivity contribution in [2.45, 2.75) is 12.8 Å². The van der Waals surface area contributed by atoms with E-state index in [0.29, 0.717) is 5.92 Å². The van der Waals surface area contributed by atoms with E-state index in [1.807, 2.05) is 24.3 Å².